The van der Waals surface area contributed by atoms with E-state index in [9.17, 15) is 0 Å². The molecule has 0 saturated heterocycles. The first-order chi connectivity index (χ1) is 6.54. The standard InChI is InChI=1S/C6H15N.C3H5ClNOP/c1-5(2)7-6(3)4;4-7-6-3-1-2-5/h5-7H,1-4H3;7H,1,3H2. The van der Waals surface area contributed by atoms with E-state index in [2.05, 4.69) is 37.5 Å². The predicted octanol–water partition coefficient (Wildman–Crippen LogP) is 3.06. The number of hydrogen-bond donors (Lipinski definition) is 1. The van der Waals surface area contributed by atoms with E-state index in [4.69, 9.17) is 16.5 Å². The lowest BCUT2D eigenvalue weighted by Gasteiger charge is -2.10. The van der Waals surface area contributed by atoms with Crippen LogP contribution in [-0.2, 0) is 4.52 Å². The summed E-state index contributed by atoms with van der Waals surface area (Å²) in [7, 11) is -0.0113. The fraction of sp³-hybridized carbons (Fsp3) is 0.889. The zero-order valence-corrected chi connectivity index (χ0v) is 11.1. The summed E-state index contributed by atoms with van der Waals surface area (Å²) in [6.07, 6.45) is 0.430. The molecule has 0 heterocycles. The highest BCUT2D eigenvalue weighted by molar-refractivity contribution is 7.64. The van der Waals surface area contributed by atoms with E-state index in [-0.39, 0.29) is 8.16 Å². The van der Waals surface area contributed by atoms with Gasteiger partial charge >= 0.3 is 0 Å². The highest BCUT2D eigenvalue weighted by Crippen LogP contribution is 2.16. The van der Waals surface area contributed by atoms with E-state index in [0.717, 1.165) is 0 Å². The Kier molecular flexibility index (Phi) is 15.5. The van der Waals surface area contributed by atoms with Crippen molar-refractivity contribution in [3.63, 3.8) is 0 Å². The van der Waals surface area contributed by atoms with Gasteiger partial charge in [-0.3, -0.25) is 0 Å². The van der Waals surface area contributed by atoms with Gasteiger partial charge in [0.25, 0.3) is 0 Å². The van der Waals surface area contributed by atoms with Crippen molar-refractivity contribution in [1.29, 1.82) is 5.26 Å². The van der Waals surface area contributed by atoms with Crippen molar-refractivity contribution < 1.29 is 4.52 Å². The van der Waals surface area contributed by atoms with Crippen LogP contribution in [0.3, 0.4) is 0 Å². The Morgan fingerprint density at radius 3 is 2.07 bits per heavy atom. The molecular formula is C9H20ClN2OP. The molecule has 0 amide bonds. The topological polar surface area (TPSA) is 45.0 Å². The van der Waals surface area contributed by atoms with E-state index in [1.54, 1.807) is 0 Å². The Balaban J connectivity index is 0. The Hall–Kier alpha value is 0.130. The van der Waals surface area contributed by atoms with Crippen LogP contribution in [0.1, 0.15) is 34.1 Å². The fourth-order valence-corrected chi connectivity index (χ4v) is 1.21. The van der Waals surface area contributed by atoms with E-state index in [1.165, 1.54) is 0 Å². The van der Waals surface area contributed by atoms with E-state index < -0.39 is 0 Å². The summed E-state index contributed by atoms with van der Waals surface area (Å²) in [6.45, 7) is 9.07. The molecule has 1 N–H and O–H groups in total. The molecule has 0 spiro atoms. The van der Waals surface area contributed by atoms with Crippen LogP contribution in [0.2, 0.25) is 0 Å². The quantitative estimate of drug-likeness (QED) is 0.592. The molecule has 0 rings (SSSR count). The number of rotatable bonds is 5. The second-order valence-corrected chi connectivity index (χ2v) is 4.22. The van der Waals surface area contributed by atoms with Crippen molar-refractivity contribution >= 4 is 19.4 Å². The molecular weight excluding hydrogens is 219 g/mol. The maximum atomic E-state index is 7.92. The molecule has 0 aromatic rings. The number of hydrogen-bond acceptors (Lipinski definition) is 3. The number of nitriles is 1. The van der Waals surface area contributed by atoms with Crippen molar-refractivity contribution in [1.82, 2.24) is 5.32 Å². The molecule has 84 valence electrons. The van der Waals surface area contributed by atoms with Crippen molar-refractivity contribution in [2.24, 2.45) is 0 Å². The molecule has 0 radical (unpaired) electrons. The largest absolute Gasteiger partial charge is 0.345 e. The maximum absolute atomic E-state index is 7.92. The van der Waals surface area contributed by atoms with Gasteiger partial charge in [-0.15, -0.1) is 0 Å². The van der Waals surface area contributed by atoms with Crippen molar-refractivity contribution in [2.75, 3.05) is 6.61 Å². The van der Waals surface area contributed by atoms with Gasteiger partial charge in [-0.25, -0.2) is 0 Å². The minimum Gasteiger partial charge on any atom is -0.345 e. The molecule has 0 aromatic carbocycles. The molecule has 0 aromatic heterocycles. The molecule has 0 saturated carbocycles. The van der Waals surface area contributed by atoms with Crippen LogP contribution in [0, 0.1) is 11.3 Å². The van der Waals surface area contributed by atoms with Crippen LogP contribution in [0.5, 0.6) is 0 Å². The summed E-state index contributed by atoms with van der Waals surface area (Å²) in [5.74, 6) is 0. The number of halogens is 1. The highest BCUT2D eigenvalue weighted by atomic mass is 35.7. The van der Waals surface area contributed by atoms with Crippen LogP contribution in [-0.4, -0.2) is 18.7 Å². The first kappa shape index (κ1) is 16.6. The van der Waals surface area contributed by atoms with Crippen molar-refractivity contribution in [3.05, 3.63) is 0 Å². The Morgan fingerprint density at radius 1 is 1.36 bits per heavy atom. The lowest BCUT2D eigenvalue weighted by Crippen LogP contribution is -2.29. The summed E-state index contributed by atoms with van der Waals surface area (Å²) < 4.78 is 4.64. The number of nitrogens with one attached hydrogen (secondary N) is 1. The van der Waals surface area contributed by atoms with Gasteiger partial charge in [-0.05, 0) is 0 Å². The Morgan fingerprint density at radius 2 is 1.86 bits per heavy atom. The van der Waals surface area contributed by atoms with Crippen molar-refractivity contribution in [3.8, 4) is 6.07 Å². The molecule has 0 bridgehead atoms. The third-order valence-corrected chi connectivity index (χ3v) is 1.68. The van der Waals surface area contributed by atoms with Gasteiger partial charge in [0, 0.05) is 12.1 Å². The van der Waals surface area contributed by atoms with Crippen LogP contribution >= 0.6 is 19.4 Å². The van der Waals surface area contributed by atoms with Crippen LogP contribution in [0.25, 0.3) is 0 Å². The van der Waals surface area contributed by atoms with Gasteiger partial charge in [-0.1, -0.05) is 38.9 Å². The van der Waals surface area contributed by atoms with E-state index >= 15 is 0 Å². The first-order valence-electron chi connectivity index (χ1n) is 4.65. The lowest BCUT2D eigenvalue weighted by molar-refractivity contribution is 0.380. The molecule has 0 fully saturated rings. The van der Waals surface area contributed by atoms with E-state index in [0.29, 0.717) is 25.1 Å². The zero-order chi connectivity index (χ0) is 11.4. The van der Waals surface area contributed by atoms with Crippen LogP contribution in [0.4, 0.5) is 0 Å². The maximum Gasteiger partial charge on any atom is 0.110 e. The summed E-state index contributed by atoms with van der Waals surface area (Å²) in [6, 6.07) is 3.17. The molecule has 1 unspecified atom stereocenters. The average molecular weight is 239 g/mol. The van der Waals surface area contributed by atoms with Gasteiger partial charge in [-0.2, -0.15) is 5.26 Å². The summed E-state index contributed by atoms with van der Waals surface area (Å²) in [4.78, 5) is 0. The predicted molar refractivity (Wildman–Crippen MR) is 63.8 cm³/mol. The summed E-state index contributed by atoms with van der Waals surface area (Å²) in [5, 5.41) is 11.2. The zero-order valence-electron chi connectivity index (χ0n) is 9.30. The third-order valence-electron chi connectivity index (χ3n) is 1.04. The fourth-order valence-electron chi connectivity index (χ4n) is 0.802. The van der Waals surface area contributed by atoms with Gasteiger partial charge in [0.15, 0.2) is 0 Å². The first-order valence-corrected chi connectivity index (χ1v) is 6.57. The average Bonchev–Trinajstić information content (AvgIpc) is 2.04. The molecule has 0 aliphatic heterocycles. The molecule has 5 heteroatoms. The third kappa shape index (κ3) is 22.7. The summed E-state index contributed by atoms with van der Waals surface area (Å²) in [5.41, 5.74) is 0. The van der Waals surface area contributed by atoms with Crippen molar-refractivity contribution in [2.45, 2.75) is 46.2 Å². The van der Waals surface area contributed by atoms with Gasteiger partial charge < -0.3 is 9.84 Å². The monoisotopic (exact) mass is 238 g/mol. The van der Waals surface area contributed by atoms with Gasteiger partial charge in [0.05, 0.1) is 19.1 Å². The number of nitrogens with zero attached hydrogens (tertiary/aromatic N) is 1. The normalized spacial score (nSPS) is 10.4. The minimum atomic E-state index is -0.0113. The van der Waals surface area contributed by atoms with Crippen LogP contribution < -0.4 is 5.32 Å². The summed E-state index contributed by atoms with van der Waals surface area (Å²) >= 11 is 5.13. The molecule has 0 aliphatic rings. The molecule has 14 heavy (non-hydrogen) atoms. The second-order valence-electron chi connectivity index (χ2n) is 3.31. The van der Waals surface area contributed by atoms with Gasteiger partial charge in [0.1, 0.15) is 8.16 Å². The molecule has 0 aliphatic carbocycles. The lowest BCUT2D eigenvalue weighted by atomic mass is 10.3. The Bertz CT molecular complexity index is 142. The second kappa shape index (κ2) is 13.1. The SMILES string of the molecule is CC(C)NC(C)C.N#CCCOPCl. The molecule has 3 nitrogen and oxygen atoms in total. The smallest absolute Gasteiger partial charge is 0.110 e. The molecule has 1 atom stereocenters. The van der Waals surface area contributed by atoms with Gasteiger partial charge in [0.2, 0.25) is 0 Å². The Labute approximate surface area is 93.8 Å². The highest BCUT2D eigenvalue weighted by Gasteiger charge is 1.92. The minimum absolute atomic E-state index is 0.0113. The van der Waals surface area contributed by atoms with Crippen LogP contribution in [0.15, 0.2) is 0 Å². The van der Waals surface area contributed by atoms with E-state index in [1.807, 2.05) is 6.07 Å².